The summed E-state index contributed by atoms with van der Waals surface area (Å²) < 4.78 is 0. The molecule has 0 heterocycles. The molecule has 0 spiro atoms. The maximum Gasteiger partial charge on any atom is 0.0582 e. The second-order valence-corrected chi connectivity index (χ2v) is 7.07. The third-order valence-corrected chi connectivity index (χ3v) is 5.46. The molecule has 1 atom stereocenters. The summed E-state index contributed by atoms with van der Waals surface area (Å²) in [5, 5.41) is 4.50. The third kappa shape index (κ3) is 3.17. The van der Waals surface area contributed by atoms with E-state index in [1.54, 1.807) is 0 Å². The number of nitrogens with one attached hydrogen (secondary N) is 1. The quantitative estimate of drug-likeness (QED) is 0.877. The summed E-state index contributed by atoms with van der Waals surface area (Å²) in [5.41, 5.74) is 5.83. The van der Waals surface area contributed by atoms with Gasteiger partial charge in [-0.15, -0.1) is 0 Å². The second-order valence-electron chi connectivity index (χ2n) is 5.80. The molecule has 0 bridgehead atoms. The highest BCUT2D eigenvalue weighted by molar-refractivity contribution is 7.99. The largest absolute Gasteiger partial charge is 0.306 e. The molecular formula is C19H23NS. The summed E-state index contributed by atoms with van der Waals surface area (Å²) in [4.78, 5) is 0. The van der Waals surface area contributed by atoms with E-state index in [2.05, 4.69) is 67.0 Å². The normalized spacial score (nSPS) is 15.3. The first-order valence-electron chi connectivity index (χ1n) is 7.71. The van der Waals surface area contributed by atoms with Crippen LogP contribution in [0.25, 0.3) is 0 Å². The van der Waals surface area contributed by atoms with E-state index in [0.717, 1.165) is 13.0 Å². The molecule has 1 nitrogen and oxygen atoms in total. The van der Waals surface area contributed by atoms with Gasteiger partial charge < -0.3 is 5.32 Å². The molecule has 2 aromatic carbocycles. The Morgan fingerprint density at radius 2 is 1.62 bits per heavy atom. The molecule has 0 fully saturated rings. The van der Waals surface area contributed by atoms with E-state index in [9.17, 15) is 0 Å². The topological polar surface area (TPSA) is 12.0 Å². The monoisotopic (exact) mass is 297 g/mol. The molecule has 0 saturated carbocycles. The second kappa shape index (κ2) is 6.67. The molecule has 0 amide bonds. The van der Waals surface area contributed by atoms with E-state index >= 15 is 0 Å². The fourth-order valence-electron chi connectivity index (χ4n) is 3.10. The van der Waals surface area contributed by atoms with Gasteiger partial charge in [-0.1, -0.05) is 55.5 Å². The van der Waals surface area contributed by atoms with Crippen LogP contribution >= 0.6 is 11.8 Å². The lowest BCUT2D eigenvalue weighted by atomic mass is 9.82. The summed E-state index contributed by atoms with van der Waals surface area (Å²) in [6.07, 6.45) is 4.46. The lowest BCUT2D eigenvalue weighted by Gasteiger charge is -2.29. The van der Waals surface area contributed by atoms with Gasteiger partial charge in [0.05, 0.1) is 6.04 Å². The van der Waals surface area contributed by atoms with Gasteiger partial charge >= 0.3 is 0 Å². The first-order chi connectivity index (χ1) is 10.3. The van der Waals surface area contributed by atoms with Gasteiger partial charge in [0, 0.05) is 5.25 Å². The Hall–Kier alpha value is -1.25. The summed E-state index contributed by atoms with van der Waals surface area (Å²) in [7, 11) is 0. The van der Waals surface area contributed by atoms with E-state index in [1.165, 1.54) is 28.7 Å². The van der Waals surface area contributed by atoms with Crippen LogP contribution < -0.4 is 5.32 Å². The predicted molar refractivity (Wildman–Crippen MR) is 93.1 cm³/mol. The van der Waals surface area contributed by atoms with Crippen molar-refractivity contribution < 1.29 is 0 Å². The zero-order valence-electron chi connectivity index (χ0n) is 12.8. The summed E-state index contributed by atoms with van der Waals surface area (Å²) in [6, 6.07) is 18.1. The van der Waals surface area contributed by atoms with Crippen molar-refractivity contribution in [1.29, 1.82) is 0 Å². The van der Waals surface area contributed by atoms with Crippen LogP contribution in [-0.2, 0) is 6.42 Å². The number of benzene rings is 2. The highest BCUT2D eigenvalue weighted by Gasteiger charge is 2.24. The van der Waals surface area contributed by atoms with Crippen LogP contribution in [0.3, 0.4) is 0 Å². The van der Waals surface area contributed by atoms with Gasteiger partial charge in [-0.25, -0.2) is 0 Å². The molecule has 1 unspecified atom stereocenters. The van der Waals surface area contributed by atoms with Crippen LogP contribution in [0, 0.1) is 0 Å². The highest BCUT2D eigenvalue weighted by atomic mass is 32.2. The average molecular weight is 297 g/mol. The minimum Gasteiger partial charge on any atom is -0.306 e. The molecule has 1 N–H and O–H groups in total. The molecular weight excluding hydrogens is 274 g/mol. The molecule has 2 heteroatoms. The zero-order valence-corrected chi connectivity index (χ0v) is 13.6. The molecule has 1 aliphatic rings. The average Bonchev–Trinajstić information content (AvgIpc) is 2.54. The van der Waals surface area contributed by atoms with E-state index in [4.69, 9.17) is 0 Å². The fourth-order valence-corrected chi connectivity index (χ4v) is 3.45. The summed E-state index contributed by atoms with van der Waals surface area (Å²) in [6.45, 7) is 3.37. The maximum atomic E-state index is 3.79. The molecule has 0 aliphatic heterocycles. The van der Waals surface area contributed by atoms with Crippen LogP contribution in [0.2, 0.25) is 0 Å². The van der Waals surface area contributed by atoms with Crippen molar-refractivity contribution in [2.75, 3.05) is 12.8 Å². The van der Waals surface area contributed by atoms with Gasteiger partial charge in [-0.2, -0.15) is 11.8 Å². The zero-order chi connectivity index (χ0) is 14.7. The van der Waals surface area contributed by atoms with Gasteiger partial charge in [0.1, 0.15) is 0 Å². The van der Waals surface area contributed by atoms with Crippen molar-refractivity contribution in [3.05, 3.63) is 70.8 Å². The SMILES string of the molecule is CSC(C)CCNC1c2ccccc2Cc2ccccc21. The van der Waals surface area contributed by atoms with Crippen LogP contribution in [0.4, 0.5) is 0 Å². The minimum atomic E-state index is 0.347. The summed E-state index contributed by atoms with van der Waals surface area (Å²) >= 11 is 1.94. The van der Waals surface area contributed by atoms with E-state index in [-0.39, 0.29) is 0 Å². The number of hydrogen-bond donors (Lipinski definition) is 1. The first kappa shape index (κ1) is 14.7. The van der Waals surface area contributed by atoms with E-state index in [1.807, 2.05) is 11.8 Å². The van der Waals surface area contributed by atoms with Gasteiger partial charge in [-0.3, -0.25) is 0 Å². The molecule has 2 aromatic rings. The van der Waals surface area contributed by atoms with Gasteiger partial charge in [-0.05, 0) is 47.9 Å². The van der Waals surface area contributed by atoms with Crippen molar-refractivity contribution in [1.82, 2.24) is 5.32 Å². The lowest BCUT2D eigenvalue weighted by Crippen LogP contribution is -2.29. The highest BCUT2D eigenvalue weighted by Crippen LogP contribution is 2.34. The summed E-state index contributed by atoms with van der Waals surface area (Å²) in [5.74, 6) is 0. The van der Waals surface area contributed by atoms with Crippen molar-refractivity contribution in [3.63, 3.8) is 0 Å². The molecule has 0 saturated heterocycles. The van der Waals surface area contributed by atoms with Crippen LogP contribution in [-0.4, -0.2) is 18.1 Å². The van der Waals surface area contributed by atoms with Crippen LogP contribution in [0.5, 0.6) is 0 Å². The molecule has 1 aliphatic carbocycles. The van der Waals surface area contributed by atoms with E-state index < -0.39 is 0 Å². The molecule has 3 rings (SSSR count). The standard InChI is InChI=1S/C19H23NS/c1-14(21-2)11-12-20-19-17-9-5-3-7-15(17)13-16-8-4-6-10-18(16)19/h3-10,14,19-20H,11-13H2,1-2H3. The third-order valence-electron chi connectivity index (χ3n) is 4.41. The van der Waals surface area contributed by atoms with Crippen molar-refractivity contribution >= 4 is 11.8 Å². The van der Waals surface area contributed by atoms with Gasteiger partial charge in [0.15, 0.2) is 0 Å². The number of fused-ring (bicyclic) bond motifs is 2. The molecule has 21 heavy (non-hydrogen) atoms. The lowest BCUT2D eigenvalue weighted by molar-refractivity contribution is 0.570. The number of thioether (sulfide) groups is 1. The van der Waals surface area contributed by atoms with Gasteiger partial charge in [0.2, 0.25) is 0 Å². The van der Waals surface area contributed by atoms with Crippen LogP contribution in [0.15, 0.2) is 48.5 Å². The van der Waals surface area contributed by atoms with Crippen LogP contribution in [0.1, 0.15) is 41.6 Å². The van der Waals surface area contributed by atoms with Crippen molar-refractivity contribution in [2.45, 2.75) is 31.1 Å². The van der Waals surface area contributed by atoms with Crippen molar-refractivity contribution in [3.8, 4) is 0 Å². The minimum absolute atomic E-state index is 0.347. The fraction of sp³-hybridized carbons (Fsp3) is 0.368. The van der Waals surface area contributed by atoms with Crippen molar-refractivity contribution in [2.24, 2.45) is 0 Å². The Labute approximate surface area is 132 Å². The Balaban J connectivity index is 1.84. The smallest absolute Gasteiger partial charge is 0.0582 e. The molecule has 0 radical (unpaired) electrons. The number of hydrogen-bond acceptors (Lipinski definition) is 2. The Morgan fingerprint density at radius 3 is 2.19 bits per heavy atom. The van der Waals surface area contributed by atoms with E-state index in [0.29, 0.717) is 11.3 Å². The molecule has 0 aromatic heterocycles. The van der Waals surface area contributed by atoms with Gasteiger partial charge in [0.25, 0.3) is 0 Å². The number of rotatable bonds is 5. The Kier molecular flexibility index (Phi) is 4.67. The Bertz CT molecular complexity index is 563. The first-order valence-corrected chi connectivity index (χ1v) is 9.00. The molecule has 110 valence electrons. The predicted octanol–water partition coefficient (Wildman–Crippen LogP) is 4.41. The Morgan fingerprint density at radius 1 is 1.05 bits per heavy atom. The maximum absolute atomic E-state index is 3.79.